The lowest BCUT2D eigenvalue weighted by Crippen LogP contribution is -2.18. The van der Waals surface area contributed by atoms with Gasteiger partial charge in [-0.05, 0) is 43.2 Å². The third-order valence-corrected chi connectivity index (χ3v) is 3.47. The van der Waals surface area contributed by atoms with E-state index in [1.54, 1.807) is 6.20 Å². The Balaban J connectivity index is 2.48. The Morgan fingerprint density at radius 2 is 2.11 bits per heavy atom. The largest absolute Gasteiger partial charge is 0.326 e. The Labute approximate surface area is 119 Å². The van der Waals surface area contributed by atoms with Gasteiger partial charge in [0, 0.05) is 25.0 Å². The highest BCUT2D eigenvalue weighted by molar-refractivity contribution is 6.33. The van der Waals surface area contributed by atoms with Crippen LogP contribution in [0, 0.1) is 6.92 Å². The Morgan fingerprint density at radius 1 is 1.32 bits per heavy atom. The van der Waals surface area contributed by atoms with E-state index < -0.39 is 0 Å². The number of hydrogen-bond acceptors (Lipinski definition) is 3. The number of pyridine rings is 1. The standard InChI is InChI=1S/C15H18ClN3/c1-3-19(13-6-4-5-11(2)9-13)15-14(16)12(10-17)7-8-18-15/h4-9H,3,10,17H2,1-2H3. The van der Waals surface area contributed by atoms with Crippen molar-refractivity contribution in [1.29, 1.82) is 0 Å². The minimum absolute atomic E-state index is 0.416. The van der Waals surface area contributed by atoms with Crippen LogP contribution in [0.25, 0.3) is 0 Å². The molecule has 2 rings (SSSR count). The number of nitrogens with two attached hydrogens (primary N) is 1. The molecule has 2 N–H and O–H groups in total. The number of benzene rings is 1. The average Bonchev–Trinajstić information content (AvgIpc) is 2.41. The first-order valence-electron chi connectivity index (χ1n) is 6.35. The van der Waals surface area contributed by atoms with Gasteiger partial charge in [0.05, 0.1) is 5.02 Å². The van der Waals surface area contributed by atoms with E-state index in [2.05, 4.69) is 41.9 Å². The molecule has 0 spiro atoms. The average molecular weight is 276 g/mol. The Kier molecular flexibility index (Phi) is 4.40. The van der Waals surface area contributed by atoms with E-state index in [-0.39, 0.29) is 0 Å². The lowest BCUT2D eigenvalue weighted by molar-refractivity contribution is 0.973. The zero-order valence-electron chi connectivity index (χ0n) is 11.2. The van der Waals surface area contributed by atoms with Crippen LogP contribution in [0.4, 0.5) is 11.5 Å². The highest BCUT2D eigenvalue weighted by atomic mass is 35.5. The van der Waals surface area contributed by atoms with Crippen molar-refractivity contribution in [3.8, 4) is 0 Å². The maximum atomic E-state index is 6.39. The molecule has 0 aliphatic heterocycles. The molecule has 0 aliphatic rings. The topological polar surface area (TPSA) is 42.2 Å². The zero-order chi connectivity index (χ0) is 13.8. The van der Waals surface area contributed by atoms with Crippen molar-refractivity contribution < 1.29 is 0 Å². The molecule has 3 nitrogen and oxygen atoms in total. The fourth-order valence-corrected chi connectivity index (χ4v) is 2.36. The van der Waals surface area contributed by atoms with E-state index in [4.69, 9.17) is 17.3 Å². The number of aromatic nitrogens is 1. The van der Waals surface area contributed by atoms with Crippen molar-refractivity contribution in [2.24, 2.45) is 5.73 Å². The molecule has 0 aliphatic carbocycles. The number of halogens is 1. The number of rotatable bonds is 4. The number of nitrogens with zero attached hydrogens (tertiary/aromatic N) is 2. The predicted molar refractivity (Wildman–Crippen MR) is 81.0 cm³/mol. The van der Waals surface area contributed by atoms with Crippen molar-refractivity contribution in [2.45, 2.75) is 20.4 Å². The monoisotopic (exact) mass is 275 g/mol. The zero-order valence-corrected chi connectivity index (χ0v) is 12.0. The van der Waals surface area contributed by atoms with Crippen LogP contribution in [0.1, 0.15) is 18.1 Å². The summed E-state index contributed by atoms with van der Waals surface area (Å²) in [6, 6.07) is 10.1. The van der Waals surface area contributed by atoms with E-state index in [0.29, 0.717) is 11.6 Å². The van der Waals surface area contributed by atoms with Gasteiger partial charge in [0.25, 0.3) is 0 Å². The molecule has 0 amide bonds. The fourth-order valence-electron chi connectivity index (χ4n) is 2.07. The summed E-state index contributed by atoms with van der Waals surface area (Å²) in [5.74, 6) is 0.762. The van der Waals surface area contributed by atoms with Crippen LogP contribution in [0.3, 0.4) is 0 Å². The van der Waals surface area contributed by atoms with Gasteiger partial charge < -0.3 is 10.6 Å². The van der Waals surface area contributed by atoms with Crippen LogP contribution in [0.2, 0.25) is 5.02 Å². The van der Waals surface area contributed by atoms with Gasteiger partial charge in [0.1, 0.15) is 0 Å². The van der Waals surface area contributed by atoms with Crippen molar-refractivity contribution in [3.05, 3.63) is 52.7 Å². The minimum atomic E-state index is 0.416. The summed E-state index contributed by atoms with van der Waals surface area (Å²) in [5, 5.41) is 0.633. The molecule has 0 radical (unpaired) electrons. The fraction of sp³-hybridized carbons (Fsp3) is 0.267. The molecule has 4 heteroatoms. The van der Waals surface area contributed by atoms with Gasteiger partial charge in [-0.1, -0.05) is 23.7 Å². The van der Waals surface area contributed by atoms with Crippen LogP contribution in [-0.4, -0.2) is 11.5 Å². The van der Waals surface area contributed by atoms with Crippen LogP contribution < -0.4 is 10.6 Å². The first-order chi connectivity index (χ1) is 9.17. The van der Waals surface area contributed by atoms with E-state index in [1.165, 1.54) is 5.56 Å². The summed E-state index contributed by atoms with van der Waals surface area (Å²) in [4.78, 5) is 6.49. The lowest BCUT2D eigenvalue weighted by atomic mass is 10.2. The quantitative estimate of drug-likeness (QED) is 0.926. The highest BCUT2D eigenvalue weighted by Crippen LogP contribution is 2.32. The maximum absolute atomic E-state index is 6.39. The van der Waals surface area contributed by atoms with Crippen LogP contribution in [0.15, 0.2) is 36.5 Å². The molecule has 19 heavy (non-hydrogen) atoms. The third-order valence-electron chi connectivity index (χ3n) is 3.06. The maximum Gasteiger partial charge on any atom is 0.152 e. The molecule has 0 bridgehead atoms. The molecule has 0 saturated carbocycles. The molecule has 0 fully saturated rings. The second kappa shape index (κ2) is 6.04. The smallest absolute Gasteiger partial charge is 0.152 e. The lowest BCUT2D eigenvalue weighted by Gasteiger charge is -2.24. The van der Waals surface area contributed by atoms with Crippen LogP contribution in [0.5, 0.6) is 0 Å². The predicted octanol–water partition coefficient (Wildman–Crippen LogP) is 3.66. The summed E-state index contributed by atoms with van der Waals surface area (Å²) in [6.45, 7) is 5.36. The van der Waals surface area contributed by atoms with Gasteiger partial charge in [-0.25, -0.2) is 4.98 Å². The molecule has 0 saturated heterocycles. The highest BCUT2D eigenvalue weighted by Gasteiger charge is 2.14. The molecule has 1 aromatic carbocycles. The SMILES string of the molecule is CCN(c1cccc(C)c1)c1nccc(CN)c1Cl. The Morgan fingerprint density at radius 3 is 2.74 bits per heavy atom. The van der Waals surface area contributed by atoms with Gasteiger partial charge in [-0.3, -0.25) is 0 Å². The summed E-state index contributed by atoms with van der Waals surface area (Å²) < 4.78 is 0. The van der Waals surface area contributed by atoms with Gasteiger partial charge >= 0.3 is 0 Å². The molecule has 1 aromatic heterocycles. The molecule has 0 atom stereocenters. The van der Waals surface area contributed by atoms with E-state index >= 15 is 0 Å². The van der Waals surface area contributed by atoms with E-state index in [9.17, 15) is 0 Å². The second-order valence-electron chi connectivity index (χ2n) is 4.40. The van der Waals surface area contributed by atoms with Crippen molar-refractivity contribution in [2.75, 3.05) is 11.4 Å². The third kappa shape index (κ3) is 2.88. The Bertz CT molecular complexity index is 569. The normalized spacial score (nSPS) is 10.5. The summed E-state index contributed by atoms with van der Waals surface area (Å²) in [5.41, 5.74) is 8.91. The minimum Gasteiger partial charge on any atom is -0.326 e. The molecule has 2 aromatic rings. The van der Waals surface area contributed by atoms with Gasteiger partial charge in [-0.15, -0.1) is 0 Å². The number of anilines is 2. The molecule has 1 heterocycles. The van der Waals surface area contributed by atoms with Crippen molar-refractivity contribution in [3.63, 3.8) is 0 Å². The first-order valence-corrected chi connectivity index (χ1v) is 6.72. The van der Waals surface area contributed by atoms with Crippen LogP contribution in [-0.2, 0) is 6.54 Å². The molecule has 100 valence electrons. The molecule has 0 unspecified atom stereocenters. The number of aryl methyl sites for hydroxylation is 1. The molecular formula is C15H18ClN3. The second-order valence-corrected chi connectivity index (χ2v) is 4.77. The number of hydrogen-bond donors (Lipinski definition) is 1. The summed E-state index contributed by atoms with van der Waals surface area (Å²) >= 11 is 6.39. The summed E-state index contributed by atoms with van der Waals surface area (Å²) in [6.07, 6.45) is 1.75. The van der Waals surface area contributed by atoms with E-state index in [0.717, 1.165) is 23.6 Å². The van der Waals surface area contributed by atoms with Crippen molar-refractivity contribution in [1.82, 2.24) is 4.98 Å². The summed E-state index contributed by atoms with van der Waals surface area (Å²) in [7, 11) is 0. The molecular weight excluding hydrogens is 258 g/mol. The van der Waals surface area contributed by atoms with Gasteiger partial charge in [-0.2, -0.15) is 0 Å². The van der Waals surface area contributed by atoms with Crippen LogP contribution >= 0.6 is 11.6 Å². The van der Waals surface area contributed by atoms with E-state index in [1.807, 2.05) is 12.1 Å². The van der Waals surface area contributed by atoms with Gasteiger partial charge in [0.15, 0.2) is 5.82 Å². The Hall–Kier alpha value is -1.58. The first kappa shape index (κ1) is 13.8. The van der Waals surface area contributed by atoms with Gasteiger partial charge in [0.2, 0.25) is 0 Å². The van der Waals surface area contributed by atoms with Crippen molar-refractivity contribution >= 4 is 23.1 Å².